The van der Waals surface area contributed by atoms with E-state index in [0.717, 1.165) is 12.0 Å². The number of amidine groups is 1. The highest BCUT2D eigenvalue weighted by atomic mass is 32.2. The van der Waals surface area contributed by atoms with Crippen LogP contribution in [-0.4, -0.2) is 25.1 Å². The van der Waals surface area contributed by atoms with Gasteiger partial charge in [-0.2, -0.15) is 8.42 Å². The highest BCUT2D eigenvalue weighted by Gasteiger charge is 2.51. The van der Waals surface area contributed by atoms with Crippen molar-refractivity contribution >= 4 is 33.0 Å². The van der Waals surface area contributed by atoms with Crippen molar-refractivity contribution in [2.75, 3.05) is 11.1 Å². The third-order valence-corrected chi connectivity index (χ3v) is 7.63. The summed E-state index contributed by atoms with van der Waals surface area (Å²) in [7, 11) is -4.07. The summed E-state index contributed by atoms with van der Waals surface area (Å²) in [6.45, 7) is 6.07. The fourth-order valence-corrected chi connectivity index (χ4v) is 5.69. The average Bonchev–Trinajstić information content (AvgIpc) is 2.71. The summed E-state index contributed by atoms with van der Waals surface area (Å²) in [6.07, 6.45) is 0.212. The summed E-state index contributed by atoms with van der Waals surface area (Å²) < 4.78 is 29.6. The van der Waals surface area contributed by atoms with Crippen molar-refractivity contribution in [2.24, 2.45) is 16.2 Å². The Morgan fingerprint density at radius 3 is 2.65 bits per heavy atom. The minimum Gasteiger partial charge on any atom is -0.399 e. The van der Waals surface area contributed by atoms with E-state index in [4.69, 9.17) is 5.73 Å². The largest absolute Gasteiger partial charge is 0.399 e. The molecule has 0 amide bonds. The second-order valence-corrected chi connectivity index (χ2v) is 10.5. The van der Waals surface area contributed by atoms with Gasteiger partial charge in [0.05, 0.1) is 17.2 Å². The van der Waals surface area contributed by atoms with Gasteiger partial charge in [0, 0.05) is 5.69 Å². The Morgan fingerprint density at radius 1 is 1.23 bits per heavy atom. The van der Waals surface area contributed by atoms with E-state index in [9.17, 15) is 18.3 Å². The van der Waals surface area contributed by atoms with E-state index in [1.807, 2.05) is 25.1 Å². The number of nitrogen functional groups attached to an aromatic ring is 1. The van der Waals surface area contributed by atoms with Gasteiger partial charge < -0.3 is 16.2 Å². The number of rotatable bonds is 4. The van der Waals surface area contributed by atoms with E-state index < -0.39 is 27.5 Å². The summed E-state index contributed by atoms with van der Waals surface area (Å²) in [6, 6.07) is 11.8. The summed E-state index contributed by atoms with van der Waals surface area (Å²) in [5, 5.41) is 14.1. The van der Waals surface area contributed by atoms with E-state index in [-0.39, 0.29) is 16.5 Å². The number of anilines is 2. The number of nitrogens with two attached hydrogens (primary N) is 1. The van der Waals surface area contributed by atoms with Gasteiger partial charge in [0.2, 0.25) is 0 Å². The zero-order valence-electron chi connectivity index (χ0n) is 17.8. The molecule has 0 aromatic heterocycles. The number of hydrogen-bond donors (Lipinski definition) is 3. The van der Waals surface area contributed by atoms with Crippen LogP contribution < -0.4 is 11.1 Å². The smallest absolute Gasteiger partial charge is 0.286 e. The van der Waals surface area contributed by atoms with Crippen molar-refractivity contribution < 1.29 is 18.3 Å². The van der Waals surface area contributed by atoms with Gasteiger partial charge in [0.25, 0.3) is 10.0 Å². The Morgan fingerprint density at radius 2 is 1.94 bits per heavy atom. The number of carbonyl (C=O) groups is 1. The average molecular weight is 442 g/mol. The van der Waals surface area contributed by atoms with Crippen molar-refractivity contribution in [2.45, 2.75) is 50.0 Å². The Hall–Kier alpha value is -2.71. The number of ketones is 1. The molecule has 2 aromatic rings. The molecule has 7 nitrogen and oxygen atoms in total. The van der Waals surface area contributed by atoms with Crippen molar-refractivity contribution in [1.82, 2.24) is 0 Å². The van der Waals surface area contributed by atoms with E-state index >= 15 is 0 Å². The third kappa shape index (κ3) is 3.53. The molecule has 1 heterocycles. The van der Waals surface area contributed by atoms with Crippen LogP contribution in [0.1, 0.15) is 50.8 Å². The van der Waals surface area contributed by atoms with Gasteiger partial charge in [-0.05, 0) is 55.0 Å². The number of aliphatic hydroxyl groups excluding tert-OH is 1. The molecule has 4 N–H and O–H groups in total. The molecule has 3 atom stereocenters. The molecule has 0 radical (unpaired) electrons. The van der Waals surface area contributed by atoms with Gasteiger partial charge >= 0.3 is 0 Å². The third-order valence-electron chi connectivity index (χ3n) is 6.30. The lowest BCUT2D eigenvalue weighted by Crippen LogP contribution is -2.50. The Labute approximate surface area is 182 Å². The Kier molecular flexibility index (Phi) is 5.18. The molecule has 2 aromatic carbocycles. The molecule has 1 aliphatic heterocycles. The maximum atomic E-state index is 13.8. The number of aliphatic hydroxyl groups is 1. The molecular formula is C23H27N3O4S. The van der Waals surface area contributed by atoms with Crippen LogP contribution in [0.25, 0.3) is 0 Å². The lowest BCUT2D eigenvalue weighted by atomic mass is 9.62. The van der Waals surface area contributed by atoms with Gasteiger partial charge in [0.1, 0.15) is 16.6 Å². The minimum absolute atomic E-state index is 0.0445. The van der Waals surface area contributed by atoms with Crippen molar-refractivity contribution in [3.8, 4) is 0 Å². The predicted molar refractivity (Wildman–Crippen MR) is 120 cm³/mol. The standard InChI is InChI=1S/C23H27N3O4S/c1-13(2)10-11-23(3)16-7-5-4-6-15(16)20(27)19(21(23)28)22-25-17-9-8-14(24)12-18(17)31(29,30)26-22/h4-9,12-13,19-20,27H,10-11,24H2,1-3H3,(H,25,26). The van der Waals surface area contributed by atoms with Crippen LogP contribution in [-0.2, 0) is 20.2 Å². The molecule has 31 heavy (non-hydrogen) atoms. The van der Waals surface area contributed by atoms with Gasteiger partial charge in [-0.15, -0.1) is 4.40 Å². The van der Waals surface area contributed by atoms with E-state index in [0.29, 0.717) is 29.3 Å². The SMILES string of the molecule is CC(C)CCC1(C)C(=O)C(C2=NS(=O)(=O)c3cc(N)ccc3N2)C(O)c2ccccc21. The van der Waals surface area contributed by atoms with Crippen LogP contribution in [0.5, 0.6) is 0 Å². The second-order valence-electron chi connectivity index (χ2n) is 8.97. The first-order chi connectivity index (χ1) is 14.5. The Bertz CT molecular complexity index is 1190. The molecule has 1 aliphatic carbocycles. The molecule has 164 valence electrons. The normalized spacial score (nSPS) is 26.6. The van der Waals surface area contributed by atoms with Gasteiger partial charge in [-0.1, -0.05) is 38.1 Å². The van der Waals surface area contributed by atoms with Crippen LogP contribution >= 0.6 is 0 Å². The van der Waals surface area contributed by atoms with Crippen LogP contribution in [0.15, 0.2) is 51.8 Å². The molecule has 4 rings (SSSR count). The summed E-state index contributed by atoms with van der Waals surface area (Å²) in [5.41, 5.74) is 6.88. The van der Waals surface area contributed by atoms with Crippen LogP contribution in [0.2, 0.25) is 0 Å². The number of sulfonamides is 1. The van der Waals surface area contributed by atoms with Crippen molar-refractivity contribution in [3.05, 3.63) is 53.6 Å². The molecule has 2 aliphatic rings. The number of nitrogens with zero attached hydrogens (tertiary/aromatic N) is 1. The number of carbonyl (C=O) groups excluding carboxylic acids is 1. The molecular weight excluding hydrogens is 414 g/mol. The zero-order chi connectivity index (χ0) is 22.6. The number of fused-ring (bicyclic) bond motifs is 2. The van der Waals surface area contributed by atoms with E-state index in [1.54, 1.807) is 18.2 Å². The molecule has 8 heteroatoms. The summed E-state index contributed by atoms with van der Waals surface area (Å²) in [5.74, 6) is -1.02. The van der Waals surface area contributed by atoms with Gasteiger partial charge in [-0.3, -0.25) is 4.79 Å². The second kappa shape index (κ2) is 7.46. The lowest BCUT2D eigenvalue weighted by molar-refractivity contribution is -0.130. The highest BCUT2D eigenvalue weighted by molar-refractivity contribution is 7.90. The van der Waals surface area contributed by atoms with Crippen molar-refractivity contribution in [3.63, 3.8) is 0 Å². The quantitative estimate of drug-likeness (QED) is 0.625. The van der Waals surface area contributed by atoms with Crippen LogP contribution in [0.4, 0.5) is 11.4 Å². The van der Waals surface area contributed by atoms with E-state index in [2.05, 4.69) is 23.6 Å². The minimum atomic E-state index is -4.07. The molecule has 0 saturated carbocycles. The summed E-state index contributed by atoms with van der Waals surface area (Å²) >= 11 is 0. The maximum absolute atomic E-state index is 13.8. The van der Waals surface area contributed by atoms with E-state index in [1.165, 1.54) is 6.07 Å². The van der Waals surface area contributed by atoms with Crippen LogP contribution in [0, 0.1) is 11.8 Å². The first kappa shape index (κ1) is 21.5. The number of hydrogen-bond acceptors (Lipinski definition) is 6. The van der Waals surface area contributed by atoms with Crippen molar-refractivity contribution in [1.29, 1.82) is 0 Å². The monoisotopic (exact) mass is 441 g/mol. The molecule has 0 bridgehead atoms. The number of nitrogens with one attached hydrogen (secondary N) is 1. The van der Waals surface area contributed by atoms with Gasteiger partial charge in [-0.25, -0.2) is 0 Å². The van der Waals surface area contributed by atoms with Crippen LogP contribution in [0.3, 0.4) is 0 Å². The number of benzene rings is 2. The maximum Gasteiger partial charge on any atom is 0.286 e. The summed E-state index contributed by atoms with van der Waals surface area (Å²) in [4.78, 5) is 13.8. The predicted octanol–water partition coefficient (Wildman–Crippen LogP) is 3.41. The molecule has 3 unspecified atom stereocenters. The first-order valence-electron chi connectivity index (χ1n) is 10.4. The number of Topliss-reactive ketones (excluding diaryl/α,β-unsaturated/α-hetero) is 1. The first-order valence-corrected chi connectivity index (χ1v) is 11.8. The fourth-order valence-electron chi connectivity index (χ4n) is 4.49. The molecule has 0 saturated heterocycles. The Balaban J connectivity index is 1.83. The topological polar surface area (TPSA) is 122 Å². The zero-order valence-corrected chi connectivity index (χ0v) is 18.6. The fraction of sp³-hybridized carbons (Fsp3) is 0.391. The van der Waals surface area contributed by atoms with Gasteiger partial charge in [0.15, 0.2) is 5.78 Å². The molecule has 0 fully saturated rings. The lowest BCUT2D eigenvalue weighted by Gasteiger charge is -2.42. The highest BCUT2D eigenvalue weighted by Crippen LogP contribution is 2.47. The molecule has 0 spiro atoms.